The number of hydrogen-bond acceptors (Lipinski definition) is 6. The quantitative estimate of drug-likeness (QED) is 0.563. The Bertz CT molecular complexity index is 760. The molecule has 0 saturated heterocycles. The monoisotopic (exact) mass is 332 g/mol. The van der Waals surface area contributed by atoms with Crippen molar-refractivity contribution in [1.29, 1.82) is 0 Å². The molecule has 0 heterocycles. The average Bonchev–Trinajstić information content (AvgIpc) is 2.53. The van der Waals surface area contributed by atoms with Gasteiger partial charge in [0.25, 0.3) is 11.4 Å². The van der Waals surface area contributed by atoms with Gasteiger partial charge in [0.05, 0.1) is 22.0 Å². The Morgan fingerprint density at radius 1 is 1.00 bits per heavy atom. The van der Waals surface area contributed by atoms with Crippen molar-refractivity contribution in [1.82, 2.24) is 0 Å². The number of nitro benzene ring substituents is 2. The maximum absolute atomic E-state index is 10.9. The number of nitrogens with zero attached hydrogens (tertiary/aromatic N) is 2. The summed E-state index contributed by atoms with van der Waals surface area (Å²) in [6.45, 7) is 3.67. The van der Waals surface area contributed by atoms with E-state index >= 15 is 0 Å². The topological polar surface area (TPSA) is 105 Å². The van der Waals surface area contributed by atoms with Crippen LogP contribution in [0.3, 0.4) is 0 Å². The lowest BCUT2D eigenvalue weighted by Crippen LogP contribution is -2.09. The number of hydrogen-bond donors (Lipinski definition) is 0. The van der Waals surface area contributed by atoms with Crippen LogP contribution in [0, 0.1) is 20.2 Å². The Kier molecular flexibility index (Phi) is 5.31. The highest BCUT2D eigenvalue weighted by molar-refractivity contribution is 5.44. The van der Waals surface area contributed by atoms with Gasteiger partial charge in [-0.1, -0.05) is 6.07 Å². The smallest absolute Gasteiger partial charge is 0.273 e. The summed E-state index contributed by atoms with van der Waals surface area (Å²) < 4.78 is 11.2. The molecule has 0 saturated carbocycles. The van der Waals surface area contributed by atoms with E-state index in [1.165, 1.54) is 36.4 Å². The molecule has 0 N–H and O–H groups in total. The maximum atomic E-state index is 10.9. The van der Waals surface area contributed by atoms with Crippen LogP contribution in [-0.4, -0.2) is 16.0 Å². The predicted molar refractivity (Wildman–Crippen MR) is 86.3 cm³/mol. The van der Waals surface area contributed by atoms with Crippen LogP contribution >= 0.6 is 0 Å². The third-order valence-corrected chi connectivity index (χ3v) is 3.04. The zero-order valence-electron chi connectivity index (χ0n) is 13.2. The Balaban J connectivity index is 2.23. The summed E-state index contributed by atoms with van der Waals surface area (Å²) in [5, 5.41) is 21.7. The molecule has 0 aromatic heterocycles. The van der Waals surface area contributed by atoms with Gasteiger partial charge >= 0.3 is 0 Å². The largest absolute Gasteiger partial charge is 0.491 e. The molecule has 24 heavy (non-hydrogen) atoms. The molecule has 0 aliphatic rings. The molecule has 126 valence electrons. The molecule has 0 atom stereocenters. The van der Waals surface area contributed by atoms with Crippen LogP contribution < -0.4 is 9.47 Å². The minimum Gasteiger partial charge on any atom is -0.491 e. The summed E-state index contributed by atoms with van der Waals surface area (Å²) in [6.07, 6.45) is -0.108. The highest BCUT2D eigenvalue weighted by Crippen LogP contribution is 2.27. The molecular weight excluding hydrogens is 316 g/mol. The van der Waals surface area contributed by atoms with Crippen LogP contribution in [0.15, 0.2) is 42.5 Å². The molecule has 0 bridgehead atoms. The summed E-state index contributed by atoms with van der Waals surface area (Å²) >= 11 is 0. The summed E-state index contributed by atoms with van der Waals surface area (Å²) in [6, 6.07) is 9.97. The first-order chi connectivity index (χ1) is 11.4. The molecule has 2 rings (SSSR count). The van der Waals surface area contributed by atoms with Crippen LogP contribution in [-0.2, 0) is 6.61 Å². The Labute approximate surface area is 137 Å². The molecule has 2 aromatic rings. The number of rotatable bonds is 7. The molecular formula is C16H16N2O6. The Morgan fingerprint density at radius 3 is 2.29 bits per heavy atom. The lowest BCUT2D eigenvalue weighted by atomic mass is 10.2. The van der Waals surface area contributed by atoms with Crippen molar-refractivity contribution in [3.05, 3.63) is 68.3 Å². The lowest BCUT2D eigenvalue weighted by molar-refractivity contribution is -0.385. The van der Waals surface area contributed by atoms with Gasteiger partial charge < -0.3 is 9.47 Å². The zero-order chi connectivity index (χ0) is 17.7. The van der Waals surface area contributed by atoms with E-state index in [0.717, 1.165) is 0 Å². The van der Waals surface area contributed by atoms with E-state index in [0.29, 0.717) is 17.1 Å². The van der Waals surface area contributed by atoms with Crippen LogP contribution in [0.5, 0.6) is 11.5 Å². The number of nitro groups is 2. The number of ether oxygens (including phenoxy) is 2. The van der Waals surface area contributed by atoms with Crippen LogP contribution in [0.4, 0.5) is 11.4 Å². The summed E-state index contributed by atoms with van der Waals surface area (Å²) in [4.78, 5) is 20.7. The van der Waals surface area contributed by atoms with Gasteiger partial charge in [-0.25, -0.2) is 0 Å². The normalized spacial score (nSPS) is 10.5. The van der Waals surface area contributed by atoms with E-state index in [-0.39, 0.29) is 24.1 Å². The van der Waals surface area contributed by atoms with Gasteiger partial charge in [0.2, 0.25) is 0 Å². The first kappa shape index (κ1) is 17.2. The van der Waals surface area contributed by atoms with Gasteiger partial charge in [-0.3, -0.25) is 20.2 Å². The van der Waals surface area contributed by atoms with Crippen LogP contribution in [0.1, 0.15) is 19.4 Å². The molecule has 8 heteroatoms. The lowest BCUT2D eigenvalue weighted by Gasteiger charge is -2.14. The standard InChI is InChI=1S/C16H16N2O6/c1-11(2)24-16-7-6-14(18(21)22)8-12(16)10-23-15-5-3-4-13(9-15)17(19)20/h3-9,11H,10H2,1-2H3. The SMILES string of the molecule is CC(C)Oc1ccc([N+](=O)[O-])cc1COc1cccc([N+](=O)[O-])c1. The second-order valence-electron chi connectivity index (χ2n) is 5.26. The van der Waals surface area contributed by atoms with Crippen LogP contribution in [0.25, 0.3) is 0 Å². The summed E-state index contributed by atoms with van der Waals surface area (Å²) in [5.74, 6) is 0.771. The van der Waals surface area contributed by atoms with Crippen LogP contribution in [0.2, 0.25) is 0 Å². The van der Waals surface area contributed by atoms with Crippen molar-refractivity contribution in [3.63, 3.8) is 0 Å². The molecule has 2 aromatic carbocycles. The first-order valence-electron chi connectivity index (χ1n) is 7.18. The van der Waals surface area contributed by atoms with E-state index in [1.807, 2.05) is 13.8 Å². The third-order valence-electron chi connectivity index (χ3n) is 3.04. The minimum absolute atomic E-state index is 0.00903. The van der Waals surface area contributed by atoms with Crippen molar-refractivity contribution in [3.8, 4) is 11.5 Å². The fourth-order valence-electron chi connectivity index (χ4n) is 2.01. The third kappa shape index (κ3) is 4.42. The summed E-state index contributed by atoms with van der Waals surface area (Å²) in [7, 11) is 0. The second kappa shape index (κ2) is 7.40. The fourth-order valence-corrected chi connectivity index (χ4v) is 2.01. The predicted octanol–water partition coefficient (Wildman–Crippen LogP) is 3.87. The molecule has 0 spiro atoms. The highest BCUT2D eigenvalue weighted by atomic mass is 16.6. The number of benzene rings is 2. The van der Waals surface area contributed by atoms with E-state index in [2.05, 4.69) is 0 Å². The molecule has 0 aliphatic heterocycles. The van der Waals surface area contributed by atoms with Gasteiger partial charge in [0.15, 0.2) is 0 Å². The molecule has 0 radical (unpaired) electrons. The van der Waals surface area contributed by atoms with E-state index in [4.69, 9.17) is 9.47 Å². The Morgan fingerprint density at radius 2 is 1.67 bits per heavy atom. The van der Waals surface area contributed by atoms with Crippen molar-refractivity contribution < 1.29 is 19.3 Å². The Hall–Kier alpha value is -3.16. The van der Waals surface area contributed by atoms with E-state index in [9.17, 15) is 20.2 Å². The van der Waals surface area contributed by atoms with Gasteiger partial charge in [0.1, 0.15) is 18.1 Å². The first-order valence-corrected chi connectivity index (χ1v) is 7.18. The molecule has 8 nitrogen and oxygen atoms in total. The van der Waals surface area contributed by atoms with E-state index < -0.39 is 9.85 Å². The second-order valence-corrected chi connectivity index (χ2v) is 5.26. The molecule has 0 amide bonds. The molecule has 0 aliphatic carbocycles. The van der Waals surface area contributed by atoms with Gasteiger partial charge in [-0.05, 0) is 26.0 Å². The van der Waals surface area contributed by atoms with Crippen molar-refractivity contribution in [2.75, 3.05) is 0 Å². The summed E-state index contributed by atoms with van der Waals surface area (Å²) in [5.41, 5.74) is 0.318. The van der Waals surface area contributed by atoms with E-state index in [1.54, 1.807) is 6.07 Å². The van der Waals surface area contributed by atoms with Gasteiger partial charge in [-0.15, -0.1) is 0 Å². The molecule has 0 fully saturated rings. The van der Waals surface area contributed by atoms with Gasteiger partial charge in [-0.2, -0.15) is 0 Å². The highest BCUT2D eigenvalue weighted by Gasteiger charge is 2.14. The van der Waals surface area contributed by atoms with Crippen molar-refractivity contribution in [2.45, 2.75) is 26.6 Å². The fraction of sp³-hybridized carbons (Fsp3) is 0.250. The van der Waals surface area contributed by atoms with Gasteiger partial charge in [0, 0.05) is 23.8 Å². The average molecular weight is 332 g/mol. The van der Waals surface area contributed by atoms with Crippen molar-refractivity contribution >= 4 is 11.4 Å². The van der Waals surface area contributed by atoms with Crippen molar-refractivity contribution in [2.24, 2.45) is 0 Å². The molecule has 0 unspecified atom stereocenters. The maximum Gasteiger partial charge on any atom is 0.273 e. The number of non-ortho nitro benzene ring substituents is 2. The minimum atomic E-state index is -0.520. The zero-order valence-corrected chi connectivity index (χ0v) is 13.2.